The van der Waals surface area contributed by atoms with Crippen LogP contribution in [0.25, 0.3) is 10.9 Å². The van der Waals surface area contributed by atoms with Crippen LogP contribution >= 0.6 is 12.2 Å². The smallest absolute Gasteiger partial charge is 0.398 e. The van der Waals surface area contributed by atoms with Crippen LogP contribution in [0, 0.1) is 0 Å². The number of carbonyl (C=O) groups excluding carboxylic acids is 1. The summed E-state index contributed by atoms with van der Waals surface area (Å²) in [6.45, 7) is -1.74. The zero-order valence-electron chi connectivity index (χ0n) is 17.4. The molecule has 0 radical (unpaired) electrons. The van der Waals surface area contributed by atoms with Crippen molar-refractivity contribution in [3.63, 3.8) is 0 Å². The maximum atomic E-state index is 13.4. The molecular formula is C19H14F8N6OS. The van der Waals surface area contributed by atoms with E-state index in [4.69, 9.17) is 18.0 Å². The van der Waals surface area contributed by atoms with Crippen molar-refractivity contribution in [2.45, 2.75) is 24.8 Å². The highest BCUT2D eigenvalue weighted by Crippen LogP contribution is 2.37. The lowest BCUT2D eigenvalue weighted by molar-refractivity contribution is -0.287. The molecule has 0 unspecified atom stereocenters. The Morgan fingerprint density at radius 1 is 1.11 bits per heavy atom. The molecule has 16 heteroatoms. The van der Waals surface area contributed by atoms with Crippen molar-refractivity contribution in [2.75, 3.05) is 23.0 Å². The first-order valence-corrected chi connectivity index (χ1v) is 9.74. The summed E-state index contributed by atoms with van der Waals surface area (Å²) in [4.78, 5) is 15.6. The minimum atomic E-state index is -5.75. The molecule has 0 fully saturated rings. The molecule has 35 heavy (non-hydrogen) atoms. The van der Waals surface area contributed by atoms with Gasteiger partial charge in [0.05, 0.1) is 17.9 Å². The average molecular weight is 526 g/mol. The SMILES string of the molecule is CN(C(=O)C(F)(F)F)c1ccc(C(=S)Nc2cc3cnn(CC(F)(F)C(F)(F)F)c3cn2)c(N)c1. The molecule has 3 N–H and O–H groups in total. The normalized spacial score (nSPS) is 12.6. The van der Waals surface area contributed by atoms with Crippen molar-refractivity contribution in [3.8, 4) is 0 Å². The van der Waals surface area contributed by atoms with Gasteiger partial charge in [0.2, 0.25) is 0 Å². The highest BCUT2D eigenvalue weighted by molar-refractivity contribution is 7.81. The maximum absolute atomic E-state index is 13.4. The first-order chi connectivity index (χ1) is 16.0. The number of nitrogens with zero attached hydrogens (tertiary/aromatic N) is 4. The summed E-state index contributed by atoms with van der Waals surface area (Å²) in [5.41, 5.74) is 5.75. The topological polar surface area (TPSA) is 89.1 Å². The summed E-state index contributed by atoms with van der Waals surface area (Å²) in [6.07, 6.45) is -8.76. The van der Waals surface area contributed by atoms with Crippen molar-refractivity contribution in [1.29, 1.82) is 0 Å². The summed E-state index contributed by atoms with van der Waals surface area (Å²) in [6, 6.07) is 4.85. The van der Waals surface area contributed by atoms with Crippen molar-refractivity contribution >= 4 is 51.2 Å². The summed E-state index contributed by atoms with van der Waals surface area (Å²) in [7, 11) is 0.921. The molecular weight excluding hydrogens is 512 g/mol. The largest absolute Gasteiger partial charge is 0.471 e. The molecule has 7 nitrogen and oxygen atoms in total. The van der Waals surface area contributed by atoms with Crippen molar-refractivity contribution in [1.82, 2.24) is 14.8 Å². The number of amides is 1. The van der Waals surface area contributed by atoms with Crippen LogP contribution < -0.4 is 16.0 Å². The maximum Gasteiger partial charge on any atom is 0.471 e. The number of alkyl halides is 8. The molecule has 3 aromatic rings. The molecule has 3 rings (SSSR count). The monoisotopic (exact) mass is 526 g/mol. The second-order valence-electron chi connectivity index (χ2n) is 7.22. The number of pyridine rings is 1. The Morgan fingerprint density at radius 3 is 2.34 bits per heavy atom. The quantitative estimate of drug-likeness (QED) is 0.289. The molecule has 0 aliphatic rings. The van der Waals surface area contributed by atoms with E-state index in [9.17, 15) is 39.9 Å². The van der Waals surface area contributed by atoms with E-state index in [2.05, 4.69) is 15.4 Å². The molecule has 2 heterocycles. The van der Waals surface area contributed by atoms with Gasteiger partial charge in [-0.1, -0.05) is 12.2 Å². The number of carbonyl (C=O) groups is 1. The van der Waals surface area contributed by atoms with Gasteiger partial charge in [0.1, 0.15) is 17.4 Å². The number of anilines is 3. The Bertz CT molecular complexity index is 1290. The first-order valence-electron chi connectivity index (χ1n) is 9.33. The lowest BCUT2D eigenvalue weighted by Crippen LogP contribution is -2.40. The van der Waals surface area contributed by atoms with Crippen LogP contribution in [0.3, 0.4) is 0 Å². The highest BCUT2D eigenvalue weighted by atomic mass is 32.1. The Labute approximate surface area is 196 Å². The fraction of sp³-hybridized carbons (Fsp3) is 0.263. The summed E-state index contributed by atoms with van der Waals surface area (Å²) < 4.78 is 102. The number of hydrogen-bond donors (Lipinski definition) is 2. The number of aromatic nitrogens is 3. The van der Waals surface area contributed by atoms with Crippen LogP contribution in [0.1, 0.15) is 5.56 Å². The number of nitrogen functional groups attached to an aromatic ring is 1. The van der Waals surface area contributed by atoms with Gasteiger partial charge in [-0.2, -0.15) is 40.2 Å². The molecule has 0 atom stereocenters. The number of thiocarbonyl (C=S) groups is 1. The minimum absolute atomic E-state index is 0.0262. The predicted octanol–water partition coefficient (Wildman–Crippen LogP) is 4.52. The Balaban J connectivity index is 1.78. The van der Waals surface area contributed by atoms with Gasteiger partial charge in [-0.3, -0.25) is 9.48 Å². The van der Waals surface area contributed by atoms with Crippen molar-refractivity contribution in [3.05, 3.63) is 42.2 Å². The molecule has 0 spiro atoms. The third-order valence-corrected chi connectivity index (χ3v) is 5.07. The van der Waals surface area contributed by atoms with Gasteiger partial charge in [-0.25, -0.2) is 4.98 Å². The molecule has 188 valence electrons. The van der Waals surface area contributed by atoms with Gasteiger partial charge in [0.25, 0.3) is 0 Å². The first kappa shape index (κ1) is 26.1. The number of fused-ring (bicyclic) bond motifs is 1. The molecule has 0 saturated heterocycles. The van der Waals surface area contributed by atoms with Gasteiger partial charge >= 0.3 is 24.2 Å². The molecule has 1 aromatic carbocycles. The van der Waals surface area contributed by atoms with Crippen LogP contribution in [0.4, 0.5) is 52.3 Å². The van der Waals surface area contributed by atoms with E-state index >= 15 is 0 Å². The van der Waals surface area contributed by atoms with E-state index in [-0.39, 0.29) is 38.6 Å². The van der Waals surface area contributed by atoms with E-state index < -0.39 is 30.7 Å². The van der Waals surface area contributed by atoms with Gasteiger partial charge < -0.3 is 16.0 Å². The summed E-state index contributed by atoms with van der Waals surface area (Å²) in [5, 5.41) is 6.41. The minimum Gasteiger partial charge on any atom is -0.398 e. The molecule has 1 amide bonds. The predicted molar refractivity (Wildman–Crippen MR) is 114 cm³/mol. The van der Waals surface area contributed by atoms with E-state index in [0.29, 0.717) is 9.58 Å². The number of nitrogens with two attached hydrogens (primary N) is 1. The number of halogens is 8. The fourth-order valence-electron chi connectivity index (χ4n) is 2.91. The van der Waals surface area contributed by atoms with Crippen molar-refractivity contribution in [2.24, 2.45) is 0 Å². The molecule has 0 bridgehead atoms. The third kappa shape index (κ3) is 5.41. The number of nitrogens with one attached hydrogen (secondary N) is 1. The number of rotatable bonds is 5. The summed E-state index contributed by atoms with van der Waals surface area (Å²) in [5.74, 6) is -7.04. The number of hydrogen-bond acceptors (Lipinski definition) is 5. The van der Waals surface area contributed by atoms with E-state index in [1.165, 1.54) is 18.2 Å². The molecule has 0 aliphatic carbocycles. The lowest BCUT2D eigenvalue weighted by atomic mass is 10.1. The zero-order valence-corrected chi connectivity index (χ0v) is 18.2. The molecule has 0 aliphatic heterocycles. The fourth-order valence-corrected chi connectivity index (χ4v) is 3.20. The van der Waals surface area contributed by atoms with Crippen molar-refractivity contribution < 1.29 is 39.9 Å². The molecule has 2 aromatic heterocycles. The van der Waals surface area contributed by atoms with E-state index in [1.54, 1.807) is 0 Å². The second kappa shape index (κ2) is 8.90. The lowest BCUT2D eigenvalue weighted by Gasteiger charge is -2.20. The van der Waals surface area contributed by atoms with Gasteiger partial charge in [0.15, 0.2) is 0 Å². The molecule has 0 saturated carbocycles. The highest BCUT2D eigenvalue weighted by Gasteiger charge is 2.57. The van der Waals surface area contributed by atoms with Crippen LogP contribution in [0.2, 0.25) is 0 Å². The van der Waals surface area contributed by atoms with Gasteiger partial charge in [-0.05, 0) is 24.3 Å². The Kier molecular flexibility index (Phi) is 6.63. The summed E-state index contributed by atoms with van der Waals surface area (Å²) >= 11 is 5.21. The van der Waals surface area contributed by atoms with Crippen LogP contribution in [-0.2, 0) is 11.3 Å². The van der Waals surface area contributed by atoms with Gasteiger partial charge in [-0.15, -0.1) is 0 Å². The second-order valence-corrected chi connectivity index (χ2v) is 7.63. The average Bonchev–Trinajstić information content (AvgIpc) is 3.12. The number of benzene rings is 1. The van der Waals surface area contributed by atoms with Gasteiger partial charge in [0, 0.05) is 29.4 Å². The third-order valence-electron chi connectivity index (χ3n) is 4.75. The van der Waals surface area contributed by atoms with E-state index in [0.717, 1.165) is 25.5 Å². The Morgan fingerprint density at radius 2 is 1.77 bits per heavy atom. The van der Waals surface area contributed by atoms with E-state index in [1.807, 2.05) is 0 Å². The van der Waals surface area contributed by atoms with Crippen LogP contribution in [-0.4, -0.2) is 51.0 Å². The standard InChI is InChI=1S/C19H14F8N6OS/c1-32(16(34)18(22,23)24)10-2-3-11(12(28)5-10)15(35)31-14-4-9-6-30-33(13(9)7-29-14)8-17(20,21)19(25,26)27/h2-7H,8,28H2,1H3,(H,29,31,35). The van der Waals surface area contributed by atoms with Crippen LogP contribution in [0.5, 0.6) is 0 Å². The zero-order chi connectivity index (χ0) is 26.3. The Hall–Kier alpha value is -3.56. The van der Waals surface area contributed by atoms with Crippen LogP contribution in [0.15, 0.2) is 36.7 Å².